The van der Waals surface area contributed by atoms with Gasteiger partial charge in [0.2, 0.25) is 0 Å². The lowest BCUT2D eigenvalue weighted by molar-refractivity contribution is 0.0517. The van der Waals surface area contributed by atoms with Gasteiger partial charge in [-0.2, -0.15) is 5.10 Å². The zero-order chi connectivity index (χ0) is 12.5. The number of hydrogen-bond acceptors (Lipinski definition) is 4. The van der Waals surface area contributed by atoms with Crippen LogP contribution in [0.2, 0.25) is 0 Å². The molecule has 0 radical (unpaired) electrons. The van der Waals surface area contributed by atoms with E-state index in [2.05, 4.69) is 10.4 Å². The van der Waals surface area contributed by atoms with Crippen molar-refractivity contribution in [2.24, 2.45) is 5.92 Å². The number of hydrogen-bond donors (Lipinski definition) is 1. The molecular formula is C13H19N3O2. The molecule has 5 heteroatoms. The minimum absolute atomic E-state index is 0.325. The van der Waals surface area contributed by atoms with Crippen LogP contribution in [0.5, 0.6) is 0 Å². The molecule has 3 rings (SSSR count). The summed E-state index contributed by atoms with van der Waals surface area (Å²) < 4.78 is 7.00. The fourth-order valence-corrected chi connectivity index (χ4v) is 3.07. The van der Waals surface area contributed by atoms with Crippen LogP contribution in [-0.4, -0.2) is 28.9 Å². The third kappa shape index (κ3) is 1.87. The average Bonchev–Trinajstić information content (AvgIpc) is 2.83. The monoisotopic (exact) mass is 249 g/mol. The first kappa shape index (κ1) is 11.6. The van der Waals surface area contributed by atoms with Crippen molar-refractivity contribution >= 4 is 11.8 Å². The molecule has 1 aliphatic heterocycles. The Kier molecular flexibility index (Phi) is 2.97. The molecule has 5 nitrogen and oxygen atoms in total. The van der Waals surface area contributed by atoms with E-state index in [4.69, 9.17) is 4.74 Å². The van der Waals surface area contributed by atoms with Crippen molar-refractivity contribution in [1.82, 2.24) is 9.78 Å². The SMILES string of the molecule is CCOC(=O)c1cc2n(n1)C1CCCCC1CN2. The maximum atomic E-state index is 11.7. The molecule has 1 aliphatic carbocycles. The Morgan fingerprint density at radius 2 is 2.39 bits per heavy atom. The topological polar surface area (TPSA) is 56.2 Å². The van der Waals surface area contributed by atoms with E-state index in [-0.39, 0.29) is 5.97 Å². The van der Waals surface area contributed by atoms with Crippen molar-refractivity contribution in [3.8, 4) is 0 Å². The Bertz CT molecular complexity index is 455. The molecule has 1 aromatic heterocycles. The molecule has 1 N–H and O–H groups in total. The average molecular weight is 249 g/mol. The molecule has 98 valence electrons. The van der Waals surface area contributed by atoms with Crippen molar-refractivity contribution in [3.05, 3.63) is 11.8 Å². The van der Waals surface area contributed by atoms with Crippen LogP contribution in [0.3, 0.4) is 0 Å². The fourth-order valence-electron chi connectivity index (χ4n) is 3.07. The summed E-state index contributed by atoms with van der Waals surface area (Å²) >= 11 is 0. The summed E-state index contributed by atoms with van der Waals surface area (Å²) in [6, 6.07) is 2.26. The number of rotatable bonds is 2. The van der Waals surface area contributed by atoms with Gasteiger partial charge >= 0.3 is 5.97 Å². The number of fused-ring (bicyclic) bond motifs is 3. The van der Waals surface area contributed by atoms with Crippen LogP contribution in [0, 0.1) is 5.92 Å². The highest BCUT2D eigenvalue weighted by Gasteiger charge is 2.33. The van der Waals surface area contributed by atoms with Gasteiger partial charge in [0.05, 0.1) is 12.6 Å². The first-order chi connectivity index (χ1) is 8.79. The molecule has 0 amide bonds. The second-order valence-electron chi connectivity index (χ2n) is 5.07. The molecule has 2 atom stereocenters. The number of nitrogens with zero attached hydrogens (tertiary/aromatic N) is 2. The van der Waals surface area contributed by atoms with Gasteiger partial charge in [-0.1, -0.05) is 12.8 Å². The van der Waals surface area contributed by atoms with Crippen LogP contribution < -0.4 is 5.32 Å². The normalized spacial score (nSPS) is 25.8. The molecule has 1 fully saturated rings. The summed E-state index contributed by atoms with van der Waals surface area (Å²) in [6.07, 6.45) is 4.99. The summed E-state index contributed by atoms with van der Waals surface area (Å²) in [7, 11) is 0. The van der Waals surface area contributed by atoms with Gasteiger partial charge in [0.1, 0.15) is 5.82 Å². The van der Waals surface area contributed by atoms with Gasteiger partial charge in [0.15, 0.2) is 5.69 Å². The third-order valence-electron chi connectivity index (χ3n) is 3.95. The van der Waals surface area contributed by atoms with E-state index in [1.165, 1.54) is 25.7 Å². The predicted molar refractivity (Wildman–Crippen MR) is 67.7 cm³/mol. The number of carbonyl (C=O) groups is 1. The van der Waals surface area contributed by atoms with E-state index in [0.29, 0.717) is 24.3 Å². The van der Waals surface area contributed by atoms with Crippen molar-refractivity contribution in [2.75, 3.05) is 18.5 Å². The maximum Gasteiger partial charge on any atom is 0.358 e. The van der Waals surface area contributed by atoms with Crippen LogP contribution in [0.25, 0.3) is 0 Å². The van der Waals surface area contributed by atoms with Crippen LogP contribution >= 0.6 is 0 Å². The second kappa shape index (κ2) is 4.63. The molecule has 2 unspecified atom stereocenters. The Balaban J connectivity index is 1.87. The molecule has 0 saturated heterocycles. The predicted octanol–water partition coefficient (Wildman–Crippen LogP) is 2.22. The first-order valence-electron chi connectivity index (χ1n) is 6.80. The number of ether oxygens (including phenoxy) is 1. The smallest absolute Gasteiger partial charge is 0.358 e. The lowest BCUT2D eigenvalue weighted by atomic mass is 9.83. The first-order valence-corrected chi connectivity index (χ1v) is 6.80. The highest BCUT2D eigenvalue weighted by atomic mass is 16.5. The molecule has 1 saturated carbocycles. The molecule has 2 heterocycles. The Morgan fingerprint density at radius 3 is 3.22 bits per heavy atom. The van der Waals surface area contributed by atoms with Gasteiger partial charge in [-0.15, -0.1) is 0 Å². The van der Waals surface area contributed by atoms with Crippen LogP contribution in [0.1, 0.15) is 49.1 Å². The Labute approximate surface area is 107 Å². The standard InChI is InChI=1S/C13H19N3O2/c1-2-18-13(17)10-7-12-14-8-9-5-3-4-6-11(9)16(12)15-10/h7,9,11,14H,2-6,8H2,1H3. The number of esters is 1. The Morgan fingerprint density at radius 1 is 1.56 bits per heavy atom. The number of nitrogens with one attached hydrogen (secondary N) is 1. The van der Waals surface area contributed by atoms with Crippen molar-refractivity contribution in [2.45, 2.75) is 38.6 Å². The number of anilines is 1. The van der Waals surface area contributed by atoms with Crippen LogP contribution in [0.15, 0.2) is 6.07 Å². The quantitative estimate of drug-likeness (QED) is 0.816. The van der Waals surface area contributed by atoms with Gasteiger partial charge in [0, 0.05) is 12.6 Å². The van der Waals surface area contributed by atoms with E-state index in [0.717, 1.165) is 12.4 Å². The Hall–Kier alpha value is -1.52. The largest absolute Gasteiger partial charge is 0.461 e. The molecule has 0 aromatic carbocycles. The summed E-state index contributed by atoms with van der Waals surface area (Å²) in [5.41, 5.74) is 0.422. The summed E-state index contributed by atoms with van der Waals surface area (Å²) in [4.78, 5) is 11.7. The summed E-state index contributed by atoms with van der Waals surface area (Å²) in [6.45, 7) is 3.20. The molecule has 2 aliphatic rings. The van der Waals surface area contributed by atoms with Crippen molar-refractivity contribution < 1.29 is 9.53 Å². The lowest BCUT2D eigenvalue weighted by Gasteiger charge is -2.36. The minimum Gasteiger partial charge on any atom is -0.461 e. The maximum absolute atomic E-state index is 11.7. The molecule has 18 heavy (non-hydrogen) atoms. The van der Waals surface area contributed by atoms with Gasteiger partial charge < -0.3 is 10.1 Å². The third-order valence-corrected chi connectivity index (χ3v) is 3.95. The molecular weight excluding hydrogens is 230 g/mol. The zero-order valence-corrected chi connectivity index (χ0v) is 10.7. The van der Waals surface area contributed by atoms with E-state index in [1.54, 1.807) is 0 Å². The van der Waals surface area contributed by atoms with E-state index in [9.17, 15) is 4.79 Å². The number of carbonyl (C=O) groups excluding carboxylic acids is 1. The minimum atomic E-state index is -0.325. The molecule has 1 aromatic rings. The van der Waals surface area contributed by atoms with E-state index >= 15 is 0 Å². The van der Waals surface area contributed by atoms with Crippen molar-refractivity contribution in [3.63, 3.8) is 0 Å². The molecule has 0 bridgehead atoms. The van der Waals surface area contributed by atoms with E-state index in [1.807, 2.05) is 17.7 Å². The van der Waals surface area contributed by atoms with E-state index < -0.39 is 0 Å². The van der Waals surface area contributed by atoms with Crippen LogP contribution in [-0.2, 0) is 4.74 Å². The van der Waals surface area contributed by atoms with Gasteiger partial charge in [-0.05, 0) is 25.7 Å². The highest BCUT2D eigenvalue weighted by molar-refractivity contribution is 5.88. The van der Waals surface area contributed by atoms with Gasteiger partial charge in [-0.3, -0.25) is 0 Å². The second-order valence-corrected chi connectivity index (χ2v) is 5.07. The lowest BCUT2D eigenvalue weighted by Crippen LogP contribution is -2.35. The zero-order valence-electron chi connectivity index (χ0n) is 10.7. The summed E-state index contributed by atoms with van der Waals surface area (Å²) in [5.74, 6) is 1.29. The van der Waals surface area contributed by atoms with Gasteiger partial charge in [-0.25, -0.2) is 9.48 Å². The van der Waals surface area contributed by atoms with Crippen molar-refractivity contribution in [1.29, 1.82) is 0 Å². The fraction of sp³-hybridized carbons (Fsp3) is 0.692. The molecule has 0 spiro atoms. The summed E-state index contributed by atoms with van der Waals surface area (Å²) in [5, 5.41) is 7.81. The van der Waals surface area contributed by atoms with Crippen LogP contribution in [0.4, 0.5) is 5.82 Å². The number of aromatic nitrogens is 2. The highest BCUT2D eigenvalue weighted by Crippen LogP contribution is 2.38. The van der Waals surface area contributed by atoms with Gasteiger partial charge in [0.25, 0.3) is 0 Å².